The summed E-state index contributed by atoms with van der Waals surface area (Å²) in [6.45, 7) is 10.4. The van der Waals surface area contributed by atoms with Gasteiger partial charge in [0.25, 0.3) is 6.47 Å². The number of rotatable bonds is 5. The van der Waals surface area contributed by atoms with Crippen LogP contribution in [0.5, 0.6) is 0 Å². The predicted molar refractivity (Wildman–Crippen MR) is 110 cm³/mol. The number of ether oxygens (including phenoxy) is 2. The molecule has 3 rings (SSSR count). The number of nitrogens with zero attached hydrogens (tertiary/aromatic N) is 5. The molecule has 10 heteroatoms. The Morgan fingerprint density at radius 3 is 2.41 bits per heavy atom. The van der Waals surface area contributed by atoms with Crippen molar-refractivity contribution in [2.45, 2.75) is 32.5 Å². The van der Waals surface area contributed by atoms with Crippen molar-refractivity contribution in [3.63, 3.8) is 0 Å². The van der Waals surface area contributed by atoms with E-state index in [0.717, 1.165) is 37.6 Å². The van der Waals surface area contributed by atoms with Crippen molar-refractivity contribution in [1.29, 1.82) is 0 Å². The average Bonchev–Trinajstić information content (AvgIpc) is 3.07. The van der Waals surface area contributed by atoms with Gasteiger partial charge in [-0.2, -0.15) is 0 Å². The molecular weight excluding hydrogens is 376 g/mol. The van der Waals surface area contributed by atoms with E-state index in [4.69, 9.17) is 10.3 Å². The summed E-state index contributed by atoms with van der Waals surface area (Å²) in [5.41, 5.74) is 9.96. The number of anilines is 2. The average molecular weight is 404 g/mol. The predicted octanol–water partition coefficient (Wildman–Crippen LogP) is 2.69. The van der Waals surface area contributed by atoms with Crippen LogP contribution < -0.4 is 15.1 Å². The summed E-state index contributed by atoms with van der Waals surface area (Å²) in [5, 5.41) is 6.78. The van der Waals surface area contributed by atoms with E-state index in [-0.39, 0.29) is 18.2 Å². The molecule has 10 nitrogen and oxygen atoms in total. The number of amides is 1. The van der Waals surface area contributed by atoms with Gasteiger partial charge in [0.15, 0.2) is 0 Å². The molecule has 2 fully saturated rings. The zero-order valence-electron chi connectivity index (χ0n) is 17.1. The molecule has 0 aromatic heterocycles. The topological polar surface area (TPSA) is 120 Å². The number of hydrogen-bond donors (Lipinski definition) is 1. The Kier molecular flexibility index (Phi) is 8.11. The first-order valence-corrected chi connectivity index (χ1v) is 9.50. The third-order valence-electron chi connectivity index (χ3n) is 4.27. The highest BCUT2D eigenvalue weighted by atomic mass is 16.6. The summed E-state index contributed by atoms with van der Waals surface area (Å²) in [6.07, 6.45) is -0.774. The number of benzene rings is 1. The van der Waals surface area contributed by atoms with Crippen molar-refractivity contribution in [1.82, 2.24) is 5.32 Å². The van der Waals surface area contributed by atoms with Gasteiger partial charge in [0.1, 0.15) is 11.7 Å². The van der Waals surface area contributed by atoms with Gasteiger partial charge < -0.3 is 19.7 Å². The van der Waals surface area contributed by atoms with Crippen LogP contribution in [0.15, 0.2) is 29.4 Å². The Balaban J connectivity index is 0.000000370. The van der Waals surface area contributed by atoms with Crippen LogP contribution in [-0.2, 0) is 14.3 Å². The molecule has 0 aliphatic carbocycles. The van der Waals surface area contributed by atoms with Gasteiger partial charge in [-0.3, -0.25) is 9.69 Å². The lowest BCUT2D eigenvalue weighted by molar-refractivity contribution is -0.138. The van der Waals surface area contributed by atoms with E-state index in [1.54, 1.807) is 4.90 Å². The van der Waals surface area contributed by atoms with Crippen LogP contribution in [0.25, 0.3) is 10.4 Å². The maximum atomic E-state index is 11.9. The molecule has 1 aromatic rings. The lowest BCUT2D eigenvalue weighted by atomic mass is 10.2. The lowest BCUT2D eigenvalue weighted by Crippen LogP contribution is -2.43. The van der Waals surface area contributed by atoms with Gasteiger partial charge in [-0.25, -0.2) is 4.79 Å². The SMILES string of the molecule is CC(C)(C)OC=O.[N-]=[N+]=NC[C@H]1CN(c2ccc(N3CCNCC3)cc2)C(=O)O1. The van der Waals surface area contributed by atoms with Crippen LogP contribution in [-0.4, -0.2) is 63.5 Å². The molecule has 1 atom stereocenters. The maximum absolute atomic E-state index is 11.9. The van der Waals surface area contributed by atoms with Crippen LogP contribution in [0, 0.1) is 0 Å². The molecule has 0 bridgehead atoms. The zero-order valence-corrected chi connectivity index (χ0v) is 17.1. The smallest absolute Gasteiger partial charge is 0.414 e. The standard InChI is InChI=1S/C14H18N6O2.C5H10O2/c15-18-17-9-13-10-20(14(21)22-13)12-3-1-11(2-4-12)19-7-5-16-6-8-19;1-5(2,3)7-4-6/h1-4,13,16H,5-10H2;4H,1-3H3/t13-;/m0./s1. The van der Waals surface area contributed by atoms with Gasteiger partial charge in [0.2, 0.25) is 0 Å². The molecule has 0 radical (unpaired) electrons. The monoisotopic (exact) mass is 404 g/mol. The van der Waals surface area contributed by atoms with Gasteiger partial charge in [-0.1, -0.05) is 5.11 Å². The van der Waals surface area contributed by atoms with E-state index in [0.29, 0.717) is 13.0 Å². The number of carbonyl (C=O) groups is 2. The van der Waals surface area contributed by atoms with Crippen LogP contribution in [0.2, 0.25) is 0 Å². The van der Waals surface area contributed by atoms with Crippen LogP contribution in [0.3, 0.4) is 0 Å². The summed E-state index contributed by atoms with van der Waals surface area (Å²) < 4.78 is 9.73. The van der Waals surface area contributed by atoms with Crippen molar-refractivity contribution in [3.05, 3.63) is 34.7 Å². The second-order valence-corrected chi connectivity index (χ2v) is 7.61. The van der Waals surface area contributed by atoms with Crippen molar-refractivity contribution in [2.75, 3.05) is 49.1 Å². The first-order valence-electron chi connectivity index (χ1n) is 9.50. The van der Waals surface area contributed by atoms with E-state index in [1.165, 1.54) is 0 Å². The number of nitrogens with one attached hydrogen (secondary N) is 1. The second kappa shape index (κ2) is 10.5. The van der Waals surface area contributed by atoms with Crippen LogP contribution in [0.4, 0.5) is 16.2 Å². The molecule has 158 valence electrons. The minimum absolute atomic E-state index is 0.164. The normalized spacial score (nSPS) is 18.9. The van der Waals surface area contributed by atoms with E-state index >= 15 is 0 Å². The molecule has 1 amide bonds. The fourth-order valence-electron chi connectivity index (χ4n) is 2.87. The molecule has 0 saturated carbocycles. The van der Waals surface area contributed by atoms with E-state index < -0.39 is 6.09 Å². The lowest BCUT2D eigenvalue weighted by Gasteiger charge is -2.29. The largest absolute Gasteiger partial charge is 0.462 e. The summed E-state index contributed by atoms with van der Waals surface area (Å²) in [7, 11) is 0. The summed E-state index contributed by atoms with van der Waals surface area (Å²) in [5.74, 6) is 0. The summed E-state index contributed by atoms with van der Waals surface area (Å²) >= 11 is 0. The Bertz CT molecular complexity index is 721. The summed E-state index contributed by atoms with van der Waals surface area (Å²) in [4.78, 5) is 28.1. The molecule has 0 unspecified atom stereocenters. The molecule has 2 heterocycles. The first-order chi connectivity index (χ1) is 13.8. The molecule has 1 aromatic carbocycles. The Hall–Kier alpha value is -2.97. The maximum Gasteiger partial charge on any atom is 0.414 e. The summed E-state index contributed by atoms with van der Waals surface area (Å²) in [6, 6.07) is 7.90. The highest BCUT2D eigenvalue weighted by Gasteiger charge is 2.31. The van der Waals surface area contributed by atoms with Gasteiger partial charge in [-0.05, 0) is 50.6 Å². The molecule has 1 N–H and O–H groups in total. The van der Waals surface area contributed by atoms with Crippen molar-refractivity contribution in [2.24, 2.45) is 5.11 Å². The quantitative estimate of drug-likeness (QED) is 0.349. The van der Waals surface area contributed by atoms with Crippen LogP contribution in [0.1, 0.15) is 20.8 Å². The molecular formula is C19H28N6O4. The van der Waals surface area contributed by atoms with E-state index in [2.05, 4.69) is 25.0 Å². The van der Waals surface area contributed by atoms with Gasteiger partial charge in [0.05, 0.1) is 13.1 Å². The van der Waals surface area contributed by atoms with E-state index in [1.807, 2.05) is 45.0 Å². The number of cyclic esters (lactones) is 1. The van der Waals surface area contributed by atoms with E-state index in [9.17, 15) is 9.59 Å². The van der Waals surface area contributed by atoms with Crippen molar-refractivity contribution in [3.8, 4) is 0 Å². The second-order valence-electron chi connectivity index (χ2n) is 7.61. The zero-order chi connectivity index (χ0) is 21.3. The molecule has 29 heavy (non-hydrogen) atoms. The fourth-order valence-corrected chi connectivity index (χ4v) is 2.87. The minimum atomic E-state index is -0.395. The van der Waals surface area contributed by atoms with Gasteiger partial charge in [0, 0.05) is 42.5 Å². The molecule has 0 spiro atoms. The third-order valence-corrected chi connectivity index (χ3v) is 4.27. The number of hydrogen-bond acceptors (Lipinski definition) is 7. The Morgan fingerprint density at radius 1 is 1.28 bits per heavy atom. The molecule has 2 aliphatic rings. The highest BCUT2D eigenvalue weighted by Crippen LogP contribution is 2.25. The molecule has 2 aliphatic heterocycles. The number of azide groups is 1. The molecule has 2 saturated heterocycles. The minimum Gasteiger partial charge on any atom is -0.462 e. The van der Waals surface area contributed by atoms with Crippen molar-refractivity contribution < 1.29 is 19.1 Å². The van der Waals surface area contributed by atoms with Gasteiger partial charge >= 0.3 is 6.09 Å². The van der Waals surface area contributed by atoms with Crippen molar-refractivity contribution >= 4 is 23.9 Å². The third kappa shape index (κ3) is 7.17. The van der Waals surface area contributed by atoms with Crippen LogP contribution >= 0.6 is 0 Å². The highest BCUT2D eigenvalue weighted by molar-refractivity contribution is 5.90. The Morgan fingerprint density at radius 2 is 1.90 bits per heavy atom. The van der Waals surface area contributed by atoms with Gasteiger partial charge in [-0.15, -0.1) is 0 Å². The first kappa shape index (κ1) is 22.3. The number of carbonyl (C=O) groups excluding carboxylic acids is 2. The Labute approximate surface area is 170 Å². The fraction of sp³-hybridized carbons (Fsp3) is 0.579. The number of piperazine rings is 1.